The quantitative estimate of drug-likeness (QED) is 0.341. The Balaban J connectivity index is 1.78. The van der Waals surface area contributed by atoms with Gasteiger partial charge in [0.1, 0.15) is 11.4 Å². The molecule has 4 aromatic rings. The third-order valence-electron chi connectivity index (χ3n) is 4.92. The first-order valence-electron chi connectivity index (χ1n) is 8.78. The van der Waals surface area contributed by atoms with Gasteiger partial charge < -0.3 is 5.73 Å². The van der Waals surface area contributed by atoms with Crippen LogP contribution in [-0.2, 0) is 21.1 Å². The van der Waals surface area contributed by atoms with Crippen LogP contribution in [0.5, 0.6) is 0 Å². The zero-order chi connectivity index (χ0) is 21.7. The number of nitrogen functional groups attached to an aromatic ring is 1. The van der Waals surface area contributed by atoms with Gasteiger partial charge >= 0.3 is 5.69 Å². The van der Waals surface area contributed by atoms with E-state index in [-0.39, 0.29) is 22.7 Å². The highest BCUT2D eigenvalue weighted by molar-refractivity contribution is 7.99. The Labute approximate surface area is 172 Å². The van der Waals surface area contributed by atoms with Crippen LogP contribution in [0.15, 0.2) is 43.8 Å². The number of nitrogens with zero attached hydrogens (tertiary/aromatic N) is 6. The van der Waals surface area contributed by atoms with Gasteiger partial charge in [-0.1, -0.05) is 23.9 Å². The molecule has 0 amide bonds. The number of aromatic nitrogens is 6. The fourth-order valence-electron chi connectivity index (χ4n) is 3.23. The number of benzene rings is 1. The van der Waals surface area contributed by atoms with Gasteiger partial charge in [-0.25, -0.2) is 4.79 Å². The molecule has 3 aromatic heterocycles. The summed E-state index contributed by atoms with van der Waals surface area (Å²) in [6.07, 6.45) is 0. The summed E-state index contributed by atoms with van der Waals surface area (Å²) < 4.78 is 4.94. The fourth-order valence-corrected chi connectivity index (χ4v) is 4.04. The van der Waals surface area contributed by atoms with Crippen molar-refractivity contribution >= 4 is 40.0 Å². The van der Waals surface area contributed by atoms with Gasteiger partial charge in [-0.2, -0.15) is 0 Å². The minimum atomic E-state index is -0.750. The average Bonchev–Trinajstić information content (AvgIpc) is 3.17. The van der Waals surface area contributed by atoms with Crippen molar-refractivity contribution in [1.29, 1.82) is 0 Å². The molecule has 11 nitrogen and oxygen atoms in total. The molecule has 0 aliphatic heterocycles. The Kier molecular flexibility index (Phi) is 4.57. The summed E-state index contributed by atoms with van der Waals surface area (Å²) in [5.74, 6) is -0.561. The predicted octanol–water partition coefficient (Wildman–Crippen LogP) is -0.464. The highest BCUT2D eigenvalue weighted by atomic mass is 32.2. The van der Waals surface area contributed by atoms with Crippen LogP contribution in [0, 0.1) is 0 Å². The number of hydrogen-bond donors (Lipinski definition) is 1. The van der Waals surface area contributed by atoms with Gasteiger partial charge in [0.05, 0.1) is 16.7 Å². The van der Waals surface area contributed by atoms with Gasteiger partial charge in [-0.3, -0.25) is 32.5 Å². The second kappa shape index (κ2) is 6.99. The molecule has 0 fully saturated rings. The SMILES string of the molecule is Cn1c(N)c(C(=O)CSc2nnc3n(C)c(=O)c4ccccc4n23)c(=O)n(C)c1=O. The molecule has 12 heteroatoms. The Bertz CT molecular complexity index is 1530. The number of carbonyl (C=O) groups excluding carboxylic acids is 1. The molecular weight excluding hydrogens is 410 g/mol. The van der Waals surface area contributed by atoms with Crippen molar-refractivity contribution in [2.45, 2.75) is 5.16 Å². The molecule has 0 spiro atoms. The number of Topliss-reactive ketones (excluding diaryl/α,β-unsaturated/α-hetero) is 1. The third-order valence-corrected chi connectivity index (χ3v) is 5.85. The van der Waals surface area contributed by atoms with Crippen LogP contribution in [0.25, 0.3) is 16.7 Å². The molecule has 0 saturated carbocycles. The molecule has 0 aliphatic carbocycles. The molecule has 0 unspecified atom stereocenters. The Morgan fingerprint density at radius 2 is 1.70 bits per heavy atom. The van der Waals surface area contributed by atoms with E-state index < -0.39 is 17.0 Å². The number of thioether (sulfide) groups is 1. The number of hydrogen-bond acceptors (Lipinski definition) is 8. The normalized spacial score (nSPS) is 11.4. The van der Waals surface area contributed by atoms with Gasteiger partial charge in [0.15, 0.2) is 10.9 Å². The van der Waals surface area contributed by atoms with Crippen LogP contribution in [0.4, 0.5) is 5.82 Å². The number of nitrogens with two attached hydrogens (primary N) is 1. The molecule has 0 aliphatic rings. The van der Waals surface area contributed by atoms with E-state index in [0.717, 1.165) is 20.9 Å². The number of para-hydroxylation sites is 1. The number of carbonyl (C=O) groups is 1. The number of rotatable bonds is 4. The fraction of sp³-hybridized carbons (Fsp3) is 0.222. The summed E-state index contributed by atoms with van der Waals surface area (Å²) >= 11 is 1.06. The van der Waals surface area contributed by atoms with E-state index in [9.17, 15) is 19.2 Å². The van der Waals surface area contributed by atoms with Crippen molar-refractivity contribution in [2.24, 2.45) is 21.1 Å². The van der Waals surface area contributed by atoms with E-state index in [1.807, 2.05) is 0 Å². The van der Waals surface area contributed by atoms with Crippen molar-refractivity contribution in [2.75, 3.05) is 11.5 Å². The minimum Gasteiger partial charge on any atom is -0.384 e. The number of ketones is 1. The molecule has 4 rings (SSSR count). The summed E-state index contributed by atoms with van der Waals surface area (Å²) in [7, 11) is 4.26. The number of aryl methyl sites for hydroxylation is 1. The van der Waals surface area contributed by atoms with E-state index >= 15 is 0 Å². The van der Waals surface area contributed by atoms with Gasteiger partial charge in [-0.05, 0) is 12.1 Å². The van der Waals surface area contributed by atoms with Crippen molar-refractivity contribution in [3.05, 3.63) is 61.0 Å². The molecule has 0 radical (unpaired) electrons. The Morgan fingerprint density at radius 1 is 1.00 bits per heavy atom. The van der Waals surface area contributed by atoms with Gasteiger partial charge in [-0.15, -0.1) is 10.2 Å². The maximum Gasteiger partial charge on any atom is 0.332 e. The second-order valence-corrected chi connectivity index (χ2v) is 7.62. The second-order valence-electron chi connectivity index (χ2n) is 6.68. The molecule has 0 bridgehead atoms. The first-order chi connectivity index (χ1) is 14.2. The van der Waals surface area contributed by atoms with E-state index in [4.69, 9.17) is 5.73 Å². The lowest BCUT2D eigenvalue weighted by atomic mass is 10.2. The lowest BCUT2D eigenvalue weighted by molar-refractivity contribution is 0.102. The maximum atomic E-state index is 12.8. The highest BCUT2D eigenvalue weighted by Crippen LogP contribution is 2.22. The third kappa shape index (κ3) is 2.76. The number of anilines is 1. The van der Waals surface area contributed by atoms with Crippen molar-refractivity contribution < 1.29 is 4.79 Å². The minimum absolute atomic E-state index is 0.157. The van der Waals surface area contributed by atoms with Gasteiger partial charge in [0, 0.05) is 21.1 Å². The van der Waals surface area contributed by atoms with Crippen molar-refractivity contribution in [1.82, 2.24) is 28.3 Å². The van der Waals surface area contributed by atoms with Crippen LogP contribution in [0.2, 0.25) is 0 Å². The average molecular weight is 427 g/mol. The van der Waals surface area contributed by atoms with E-state index in [1.54, 1.807) is 35.7 Å². The molecule has 0 atom stereocenters. The molecule has 2 N–H and O–H groups in total. The molecular formula is C18H17N7O4S. The first-order valence-corrected chi connectivity index (χ1v) is 9.77. The number of fused-ring (bicyclic) bond motifs is 3. The van der Waals surface area contributed by atoms with Crippen LogP contribution in [0.3, 0.4) is 0 Å². The van der Waals surface area contributed by atoms with E-state index in [1.165, 1.54) is 18.7 Å². The summed E-state index contributed by atoms with van der Waals surface area (Å²) in [5.41, 5.74) is 4.63. The van der Waals surface area contributed by atoms with Crippen LogP contribution >= 0.6 is 11.8 Å². The van der Waals surface area contributed by atoms with Crippen molar-refractivity contribution in [3.8, 4) is 0 Å². The lowest BCUT2D eigenvalue weighted by Gasteiger charge is -2.10. The van der Waals surface area contributed by atoms with Gasteiger partial charge in [0.2, 0.25) is 5.78 Å². The van der Waals surface area contributed by atoms with Crippen LogP contribution in [-0.4, -0.2) is 39.8 Å². The maximum absolute atomic E-state index is 12.8. The van der Waals surface area contributed by atoms with Crippen LogP contribution in [0.1, 0.15) is 10.4 Å². The standard InChI is InChI=1S/C18H17N7O4S/c1-22-13(19)12(15(28)24(3)18(22)29)11(26)8-30-17-21-20-16-23(2)14(27)9-6-4-5-7-10(9)25(16)17/h4-7H,8,19H2,1-3H3. The molecule has 1 aromatic carbocycles. The molecule has 3 heterocycles. The topological polar surface area (TPSA) is 139 Å². The van der Waals surface area contributed by atoms with Crippen LogP contribution < -0.4 is 22.5 Å². The largest absolute Gasteiger partial charge is 0.384 e. The first kappa shape index (κ1) is 19.6. The molecule has 154 valence electrons. The Hall–Kier alpha value is -3.67. The van der Waals surface area contributed by atoms with E-state index in [0.29, 0.717) is 21.8 Å². The monoisotopic (exact) mass is 427 g/mol. The molecule has 0 saturated heterocycles. The summed E-state index contributed by atoms with van der Waals surface area (Å²) in [6.45, 7) is 0. The van der Waals surface area contributed by atoms with E-state index in [2.05, 4.69) is 10.2 Å². The van der Waals surface area contributed by atoms with Gasteiger partial charge in [0.25, 0.3) is 11.1 Å². The zero-order valence-corrected chi connectivity index (χ0v) is 17.1. The Morgan fingerprint density at radius 3 is 2.43 bits per heavy atom. The zero-order valence-electron chi connectivity index (χ0n) is 16.3. The summed E-state index contributed by atoms with van der Waals surface area (Å²) in [5, 5.41) is 9.03. The highest BCUT2D eigenvalue weighted by Gasteiger charge is 2.22. The molecule has 30 heavy (non-hydrogen) atoms. The lowest BCUT2D eigenvalue weighted by Crippen LogP contribution is -2.41. The summed E-state index contributed by atoms with van der Waals surface area (Å²) in [4.78, 5) is 49.6. The smallest absolute Gasteiger partial charge is 0.332 e. The predicted molar refractivity (Wildman–Crippen MR) is 112 cm³/mol. The summed E-state index contributed by atoms with van der Waals surface area (Å²) in [6, 6.07) is 7.01. The van der Waals surface area contributed by atoms with Crippen molar-refractivity contribution in [3.63, 3.8) is 0 Å².